The number of nitrogens with one attached hydrogen (secondary N) is 2. The van der Waals surface area contributed by atoms with Gasteiger partial charge in [-0.1, -0.05) is 0 Å². The lowest BCUT2D eigenvalue weighted by Gasteiger charge is -2.11. The van der Waals surface area contributed by atoms with Crippen LogP contribution in [0, 0.1) is 19.7 Å². The number of H-pyrrole nitrogens is 1. The number of aryl methyl sites for hydroxylation is 2. The molecule has 0 aromatic carbocycles. The van der Waals surface area contributed by atoms with Gasteiger partial charge in [0.05, 0.1) is 15.7 Å². The van der Waals surface area contributed by atoms with Gasteiger partial charge in [0.25, 0.3) is 11.5 Å². The van der Waals surface area contributed by atoms with Crippen LogP contribution in [0.1, 0.15) is 35.5 Å². The Balaban J connectivity index is 1.99. The van der Waals surface area contributed by atoms with E-state index in [0.717, 1.165) is 6.20 Å². The molecule has 0 radical (unpaired) electrons. The highest BCUT2D eigenvalue weighted by Gasteiger charge is 2.28. The smallest absolute Gasteiger partial charge is 0.274 e. The van der Waals surface area contributed by atoms with Crippen LogP contribution < -0.4 is 20.2 Å². The van der Waals surface area contributed by atoms with Gasteiger partial charge in [-0.05, 0) is 53.2 Å². The Morgan fingerprint density at radius 1 is 1.28 bits per heavy atom. The van der Waals surface area contributed by atoms with Crippen LogP contribution in [0.4, 0.5) is 4.39 Å². The number of fused-ring (bicyclic) bond motifs is 1. The monoisotopic (exact) mass is 530 g/mol. The Morgan fingerprint density at radius 3 is 2.58 bits per heavy atom. The van der Waals surface area contributed by atoms with Gasteiger partial charge in [-0.25, -0.2) is 9.37 Å². The summed E-state index contributed by atoms with van der Waals surface area (Å²) in [5.41, 5.74) is 2.06. The standard InChI is InChI=1S/C25H28FN4O4PS/c1-12(2)28-22(31)18-9-16-17(11-30(5)24(32)19(16)29-18)21-20(14(4)25(36-21)35(6,7)33)34-23-13(3)8-15(26)10-27-23/h8-12,29H,1-7H3,(H,28,31). The molecule has 0 spiro atoms. The lowest BCUT2D eigenvalue weighted by atomic mass is 10.1. The first-order chi connectivity index (χ1) is 16.8. The molecule has 4 heterocycles. The molecular weight excluding hydrogens is 502 g/mol. The Kier molecular flexibility index (Phi) is 6.70. The summed E-state index contributed by atoms with van der Waals surface area (Å²) >= 11 is 1.31. The van der Waals surface area contributed by atoms with Gasteiger partial charge in [0, 0.05) is 41.4 Å². The predicted molar refractivity (Wildman–Crippen MR) is 142 cm³/mol. The number of nitrogens with zero attached hydrogens (tertiary/aromatic N) is 2. The van der Waals surface area contributed by atoms with Crippen LogP contribution in [-0.4, -0.2) is 39.8 Å². The molecule has 0 unspecified atom stereocenters. The molecule has 0 aliphatic rings. The zero-order valence-electron chi connectivity index (χ0n) is 21.1. The third-order valence-corrected chi connectivity index (χ3v) is 9.64. The van der Waals surface area contributed by atoms with Crippen LogP contribution in [0.2, 0.25) is 0 Å². The number of aromatic nitrogens is 3. The average Bonchev–Trinajstić information content (AvgIpc) is 3.35. The van der Waals surface area contributed by atoms with Crippen molar-refractivity contribution < 1.29 is 18.5 Å². The maximum atomic E-state index is 13.7. The molecule has 2 N–H and O–H groups in total. The van der Waals surface area contributed by atoms with Gasteiger partial charge in [-0.15, -0.1) is 11.3 Å². The Bertz CT molecular complexity index is 1610. The maximum absolute atomic E-state index is 13.7. The van der Waals surface area contributed by atoms with Crippen molar-refractivity contribution in [3.63, 3.8) is 0 Å². The number of ether oxygens (including phenoxy) is 1. The SMILES string of the molecule is Cc1cc(F)cnc1Oc1c(-c2cn(C)c(=O)c3[nH]c(C(=O)NC(C)C)cc23)sc(P(C)(C)=O)c1C. The molecule has 36 heavy (non-hydrogen) atoms. The van der Waals surface area contributed by atoms with E-state index < -0.39 is 13.0 Å². The Labute approximate surface area is 211 Å². The molecule has 8 nitrogen and oxygen atoms in total. The largest absolute Gasteiger partial charge is 0.437 e. The molecule has 0 aliphatic carbocycles. The van der Waals surface area contributed by atoms with E-state index in [1.54, 1.807) is 39.6 Å². The summed E-state index contributed by atoms with van der Waals surface area (Å²) in [6.45, 7) is 10.6. The highest BCUT2D eigenvalue weighted by Crippen LogP contribution is 2.49. The molecule has 11 heteroatoms. The zero-order valence-corrected chi connectivity index (χ0v) is 22.9. The van der Waals surface area contributed by atoms with Crippen molar-refractivity contribution >= 4 is 39.9 Å². The van der Waals surface area contributed by atoms with Crippen molar-refractivity contribution in [2.24, 2.45) is 7.05 Å². The van der Waals surface area contributed by atoms with Crippen LogP contribution >= 0.6 is 18.5 Å². The average molecular weight is 531 g/mol. The van der Waals surface area contributed by atoms with E-state index in [1.165, 1.54) is 22.0 Å². The summed E-state index contributed by atoms with van der Waals surface area (Å²) < 4.78 is 35.1. The van der Waals surface area contributed by atoms with Crippen molar-refractivity contribution in [1.29, 1.82) is 0 Å². The lowest BCUT2D eigenvalue weighted by molar-refractivity contribution is 0.0939. The number of carbonyl (C=O) groups is 1. The van der Waals surface area contributed by atoms with Gasteiger partial charge in [0.1, 0.15) is 24.2 Å². The van der Waals surface area contributed by atoms with Crippen molar-refractivity contribution in [3.8, 4) is 22.1 Å². The third-order valence-electron chi connectivity index (χ3n) is 5.62. The van der Waals surface area contributed by atoms with Crippen LogP contribution in [0.5, 0.6) is 11.6 Å². The minimum Gasteiger partial charge on any atom is -0.437 e. The van der Waals surface area contributed by atoms with Gasteiger partial charge in [-0.2, -0.15) is 0 Å². The second-order valence-corrected chi connectivity index (χ2v) is 13.9. The van der Waals surface area contributed by atoms with Crippen LogP contribution in [0.3, 0.4) is 0 Å². The fourth-order valence-corrected chi connectivity index (χ4v) is 7.07. The first-order valence-electron chi connectivity index (χ1n) is 11.3. The minimum atomic E-state index is -2.70. The summed E-state index contributed by atoms with van der Waals surface area (Å²) in [4.78, 5) is 33.3. The number of carbonyl (C=O) groups excluding carboxylic acids is 1. The number of halogens is 1. The summed E-state index contributed by atoms with van der Waals surface area (Å²) in [5, 5.41) is 3.36. The van der Waals surface area contributed by atoms with Crippen LogP contribution in [-0.2, 0) is 11.6 Å². The molecule has 4 aromatic rings. The van der Waals surface area contributed by atoms with E-state index >= 15 is 0 Å². The number of pyridine rings is 2. The number of thiophene rings is 1. The Morgan fingerprint density at radius 2 is 1.97 bits per heavy atom. The van der Waals surface area contributed by atoms with E-state index in [-0.39, 0.29) is 34.6 Å². The fourth-order valence-electron chi connectivity index (χ4n) is 4.01. The molecule has 0 saturated carbocycles. The predicted octanol–water partition coefficient (Wildman–Crippen LogP) is 4.92. The van der Waals surface area contributed by atoms with Gasteiger partial charge < -0.3 is 24.2 Å². The number of amides is 1. The second kappa shape index (κ2) is 9.33. The van der Waals surface area contributed by atoms with Gasteiger partial charge in [0.15, 0.2) is 5.75 Å². The number of rotatable bonds is 6. The topological polar surface area (TPSA) is 106 Å². The van der Waals surface area contributed by atoms with E-state index in [1.807, 2.05) is 20.8 Å². The molecule has 0 saturated heterocycles. The van der Waals surface area contributed by atoms with Crippen molar-refractivity contribution in [2.45, 2.75) is 33.7 Å². The van der Waals surface area contributed by atoms with E-state index in [0.29, 0.717) is 37.3 Å². The number of hydrogen-bond acceptors (Lipinski definition) is 6. The molecule has 0 atom stereocenters. The van der Waals surface area contributed by atoms with Crippen molar-refractivity contribution in [2.75, 3.05) is 13.3 Å². The highest BCUT2D eigenvalue weighted by atomic mass is 32.1. The van der Waals surface area contributed by atoms with Gasteiger partial charge in [0.2, 0.25) is 5.88 Å². The maximum Gasteiger partial charge on any atom is 0.274 e. The van der Waals surface area contributed by atoms with Crippen molar-refractivity contribution in [3.05, 3.63) is 57.5 Å². The summed E-state index contributed by atoms with van der Waals surface area (Å²) in [6.07, 6.45) is 2.75. The Hall–Kier alpha value is -3.23. The molecule has 190 valence electrons. The molecular formula is C25H28FN4O4PS. The molecule has 4 rings (SSSR count). The number of aromatic amines is 1. The van der Waals surface area contributed by atoms with E-state index in [4.69, 9.17) is 4.74 Å². The second-order valence-electron chi connectivity index (χ2n) is 9.48. The summed E-state index contributed by atoms with van der Waals surface area (Å²) in [5.74, 6) is -0.157. The fraction of sp³-hybridized carbons (Fsp3) is 0.320. The van der Waals surface area contributed by atoms with Gasteiger partial charge >= 0.3 is 0 Å². The minimum absolute atomic E-state index is 0.0802. The van der Waals surface area contributed by atoms with Gasteiger partial charge in [-0.3, -0.25) is 9.59 Å². The van der Waals surface area contributed by atoms with Crippen LogP contribution in [0.15, 0.2) is 29.3 Å². The summed E-state index contributed by atoms with van der Waals surface area (Å²) in [6, 6.07) is 2.88. The first-order valence-corrected chi connectivity index (χ1v) is 14.7. The lowest BCUT2D eigenvalue weighted by Crippen LogP contribution is -2.30. The van der Waals surface area contributed by atoms with Crippen molar-refractivity contribution in [1.82, 2.24) is 19.9 Å². The molecule has 0 bridgehead atoms. The zero-order chi connectivity index (χ0) is 26.5. The third kappa shape index (κ3) is 4.75. The van der Waals surface area contributed by atoms with E-state index in [9.17, 15) is 18.5 Å². The van der Waals surface area contributed by atoms with E-state index in [2.05, 4.69) is 15.3 Å². The molecule has 1 amide bonds. The van der Waals surface area contributed by atoms with Crippen LogP contribution in [0.25, 0.3) is 21.3 Å². The number of hydrogen-bond donors (Lipinski definition) is 2. The first kappa shape index (κ1) is 25.9. The normalized spacial score (nSPS) is 11.9. The quantitative estimate of drug-likeness (QED) is 0.344. The molecule has 0 aliphatic heterocycles. The molecule has 0 fully saturated rings. The summed E-state index contributed by atoms with van der Waals surface area (Å²) in [7, 11) is -1.07. The highest BCUT2D eigenvalue weighted by molar-refractivity contribution is 7.76. The molecule has 4 aromatic heterocycles.